The molecule has 0 saturated carbocycles. The fraction of sp³-hybridized carbons (Fsp3) is 0.321. The molecule has 0 N–H and O–H groups in total. The molecule has 0 aromatic heterocycles. The Morgan fingerprint density at radius 2 is 1.66 bits per heavy atom. The summed E-state index contributed by atoms with van der Waals surface area (Å²) in [5.74, 6) is 0.819. The van der Waals surface area contributed by atoms with Gasteiger partial charge in [0.05, 0.1) is 20.8 Å². The Balaban J connectivity index is 1.29. The predicted octanol–water partition coefficient (Wildman–Crippen LogP) is 5.36. The molecule has 0 atom stereocenters. The van der Waals surface area contributed by atoms with Crippen LogP contribution in [-0.2, 0) is 11.3 Å². The van der Waals surface area contributed by atoms with Crippen LogP contribution in [0.2, 0.25) is 0 Å². The summed E-state index contributed by atoms with van der Waals surface area (Å²) in [4.78, 5) is 14.7. The molecule has 0 bridgehead atoms. The lowest BCUT2D eigenvalue weighted by Gasteiger charge is -2.44. The number of aryl methyl sites for hydroxylation is 1. The number of methoxy groups -OCH3 is 2. The maximum atomic E-state index is 13.7. The SMILES string of the molecule is COc1ccc(-c2ccc3c(c2)COC2(CCN(C(=O)c4cc(F)ccc4C)CC2)O3)cc1OC. The molecule has 0 aliphatic carbocycles. The van der Waals surface area contributed by atoms with Gasteiger partial charge in [0.1, 0.15) is 11.6 Å². The number of halogens is 1. The van der Waals surface area contributed by atoms with Crippen molar-refractivity contribution < 1.29 is 28.1 Å². The molecule has 1 fully saturated rings. The molecular weight excluding hydrogens is 449 g/mol. The zero-order valence-corrected chi connectivity index (χ0v) is 20.1. The monoisotopic (exact) mass is 477 g/mol. The summed E-state index contributed by atoms with van der Waals surface area (Å²) in [7, 11) is 3.23. The Bertz CT molecular complexity index is 1270. The Hall–Kier alpha value is -3.58. The minimum atomic E-state index is -0.758. The van der Waals surface area contributed by atoms with E-state index in [9.17, 15) is 9.18 Å². The van der Waals surface area contributed by atoms with Gasteiger partial charge in [0, 0.05) is 37.1 Å². The van der Waals surface area contributed by atoms with Crippen molar-refractivity contribution in [2.45, 2.75) is 32.2 Å². The minimum absolute atomic E-state index is 0.160. The van der Waals surface area contributed by atoms with Gasteiger partial charge in [0.15, 0.2) is 11.5 Å². The minimum Gasteiger partial charge on any atom is -0.493 e. The molecule has 2 aliphatic heterocycles. The van der Waals surface area contributed by atoms with E-state index in [1.54, 1.807) is 25.2 Å². The Kier molecular flexibility index (Phi) is 6.11. The molecule has 6 nitrogen and oxygen atoms in total. The van der Waals surface area contributed by atoms with Gasteiger partial charge in [-0.1, -0.05) is 18.2 Å². The Morgan fingerprint density at radius 3 is 2.40 bits per heavy atom. The van der Waals surface area contributed by atoms with Crippen molar-refractivity contribution >= 4 is 5.91 Å². The first-order valence-electron chi connectivity index (χ1n) is 11.6. The van der Waals surface area contributed by atoms with E-state index in [0.717, 1.165) is 28.0 Å². The summed E-state index contributed by atoms with van der Waals surface area (Å²) in [6, 6.07) is 16.2. The van der Waals surface area contributed by atoms with Gasteiger partial charge in [-0.05, 0) is 60.0 Å². The van der Waals surface area contributed by atoms with Crippen LogP contribution in [0.15, 0.2) is 54.6 Å². The highest BCUT2D eigenvalue weighted by molar-refractivity contribution is 5.95. The van der Waals surface area contributed by atoms with Gasteiger partial charge in [-0.3, -0.25) is 4.79 Å². The van der Waals surface area contributed by atoms with Gasteiger partial charge in [0.25, 0.3) is 5.91 Å². The van der Waals surface area contributed by atoms with Crippen LogP contribution in [0.1, 0.15) is 34.3 Å². The lowest BCUT2D eigenvalue weighted by Crippen LogP contribution is -2.52. The maximum Gasteiger partial charge on any atom is 0.254 e. The molecule has 1 amide bonds. The third kappa shape index (κ3) is 4.44. The van der Waals surface area contributed by atoms with Crippen molar-refractivity contribution in [3.8, 4) is 28.4 Å². The second-order valence-corrected chi connectivity index (χ2v) is 8.95. The van der Waals surface area contributed by atoms with Crippen LogP contribution in [0.5, 0.6) is 17.2 Å². The summed E-state index contributed by atoms with van der Waals surface area (Å²) in [6.45, 7) is 3.20. The number of piperidine rings is 1. The van der Waals surface area contributed by atoms with Crippen molar-refractivity contribution in [3.63, 3.8) is 0 Å². The van der Waals surface area contributed by atoms with Crippen LogP contribution in [0.4, 0.5) is 4.39 Å². The van der Waals surface area contributed by atoms with Crippen molar-refractivity contribution in [2.24, 2.45) is 0 Å². The highest BCUT2D eigenvalue weighted by atomic mass is 19.1. The number of likely N-dealkylation sites (tertiary alicyclic amines) is 1. The molecule has 1 spiro atoms. The second-order valence-electron chi connectivity index (χ2n) is 8.95. The molecule has 2 aliphatic rings. The highest BCUT2D eigenvalue weighted by Crippen LogP contribution is 2.40. The smallest absolute Gasteiger partial charge is 0.254 e. The first-order chi connectivity index (χ1) is 16.9. The van der Waals surface area contributed by atoms with Gasteiger partial charge < -0.3 is 23.8 Å². The average Bonchev–Trinajstić information content (AvgIpc) is 2.89. The highest BCUT2D eigenvalue weighted by Gasteiger charge is 2.42. The number of carbonyl (C=O) groups excluding carboxylic acids is 1. The summed E-state index contributed by atoms with van der Waals surface area (Å²) in [6.07, 6.45) is 1.09. The Morgan fingerprint density at radius 1 is 0.943 bits per heavy atom. The first kappa shape index (κ1) is 23.2. The van der Waals surface area contributed by atoms with E-state index >= 15 is 0 Å². The molecule has 7 heteroatoms. The summed E-state index contributed by atoms with van der Waals surface area (Å²) in [5.41, 5.74) is 4.17. The van der Waals surface area contributed by atoms with Crippen LogP contribution in [0, 0.1) is 12.7 Å². The van der Waals surface area contributed by atoms with E-state index < -0.39 is 11.6 Å². The van der Waals surface area contributed by atoms with E-state index in [2.05, 4.69) is 6.07 Å². The number of rotatable bonds is 4. The van der Waals surface area contributed by atoms with Gasteiger partial charge in [-0.2, -0.15) is 0 Å². The molecular formula is C28H28FNO5. The van der Waals surface area contributed by atoms with Crippen molar-refractivity contribution in [1.29, 1.82) is 0 Å². The number of fused-ring (bicyclic) bond motifs is 1. The summed E-state index contributed by atoms with van der Waals surface area (Å²) >= 11 is 0. The Labute approximate surface area is 204 Å². The van der Waals surface area contributed by atoms with Crippen LogP contribution in [0.3, 0.4) is 0 Å². The normalized spacial score (nSPS) is 16.4. The lowest BCUT2D eigenvalue weighted by molar-refractivity contribution is -0.225. The summed E-state index contributed by atoms with van der Waals surface area (Å²) in [5, 5.41) is 0. The third-order valence-corrected chi connectivity index (χ3v) is 6.81. The van der Waals surface area contributed by atoms with Gasteiger partial charge >= 0.3 is 0 Å². The van der Waals surface area contributed by atoms with Crippen molar-refractivity contribution in [3.05, 3.63) is 77.1 Å². The van der Waals surface area contributed by atoms with Gasteiger partial charge in [0.2, 0.25) is 5.79 Å². The number of amides is 1. The van der Waals surface area contributed by atoms with E-state index in [1.807, 2.05) is 37.3 Å². The van der Waals surface area contributed by atoms with Crippen LogP contribution in [0.25, 0.3) is 11.1 Å². The molecule has 3 aromatic carbocycles. The average molecular weight is 478 g/mol. The molecule has 2 heterocycles. The first-order valence-corrected chi connectivity index (χ1v) is 11.6. The number of ether oxygens (including phenoxy) is 4. The number of hydrogen-bond donors (Lipinski definition) is 0. The van der Waals surface area contributed by atoms with Crippen LogP contribution >= 0.6 is 0 Å². The molecule has 35 heavy (non-hydrogen) atoms. The van der Waals surface area contributed by atoms with Gasteiger partial charge in [-0.15, -0.1) is 0 Å². The molecule has 1 saturated heterocycles. The predicted molar refractivity (Wildman–Crippen MR) is 129 cm³/mol. The van der Waals surface area contributed by atoms with Crippen LogP contribution in [-0.4, -0.2) is 43.9 Å². The molecule has 5 rings (SSSR count). The van der Waals surface area contributed by atoms with E-state index in [-0.39, 0.29) is 5.91 Å². The largest absolute Gasteiger partial charge is 0.493 e. The number of hydrogen-bond acceptors (Lipinski definition) is 5. The fourth-order valence-electron chi connectivity index (χ4n) is 4.72. The third-order valence-electron chi connectivity index (χ3n) is 6.81. The van der Waals surface area contributed by atoms with Gasteiger partial charge in [-0.25, -0.2) is 4.39 Å². The van der Waals surface area contributed by atoms with E-state index in [1.165, 1.54) is 12.1 Å². The van der Waals surface area contributed by atoms with Crippen LogP contribution < -0.4 is 14.2 Å². The molecule has 0 unspecified atom stereocenters. The topological polar surface area (TPSA) is 57.2 Å². The molecule has 0 radical (unpaired) electrons. The number of carbonyl (C=O) groups is 1. The number of benzene rings is 3. The maximum absolute atomic E-state index is 13.7. The van der Waals surface area contributed by atoms with Crippen molar-refractivity contribution in [2.75, 3.05) is 27.3 Å². The van der Waals surface area contributed by atoms with E-state index in [4.69, 9.17) is 18.9 Å². The fourth-order valence-corrected chi connectivity index (χ4v) is 4.72. The van der Waals surface area contributed by atoms with Crippen molar-refractivity contribution in [1.82, 2.24) is 4.90 Å². The zero-order chi connectivity index (χ0) is 24.6. The number of nitrogens with zero attached hydrogens (tertiary/aromatic N) is 1. The quantitative estimate of drug-likeness (QED) is 0.506. The molecule has 3 aromatic rings. The summed E-state index contributed by atoms with van der Waals surface area (Å²) < 4.78 is 37.0. The second kappa shape index (κ2) is 9.23. The van der Waals surface area contributed by atoms with E-state index in [0.29, 0.717) is 49.6 Å². The zero-order valence-electron chi connectivity index (χ0n) is 20.1. The standard InChI is InChI=1S/C28H28FNO5/c1-18-4-7-22(29)16-23(18)27(31)30-12-10-28(11-13-30)34-17-21-14-19(5-8-24(21)35-28)20-6-9-25(32-2)26(15-20)33-3/h4-9,14-16H,10-13,17H2,1-3H3. The lowest BCUT2D eigenvalue weighted by atomic mass is 9.98. The molecule has 182 valence electrons.